The summed E-state index contributed by atoms with van der Waals surface area (Å²) >= 11 is 5.83. The molecule has 7 nitrogen and oxygen atoms in total. The number of benzene rings is 3. The number of hydrogen-bond donors (Lipinski definition) is 1. The quantitative estimate of drug-likeness (QED) is 0.259. The van der Waals surface area contributed by atoms with E-state index in [0.717, 1.165) is 23.3 Å². The van der Waals surface area contributed by atoms with Crippen LogP contribution in [0.3, 0.4) is 0 Å². The zero-order valence-corrected chi connectivity index (χ0v) is 27.1. The van der Waals surface area contributed by atoms with Crippen LogP contribution in [0, 0.1) is 13.8 Å². The van der Waals surface area contributed by atoms with Crippen LogP contribution in [0.1, 0.15) is 56.4 Å². The lowest BCUT2D eigenvalue weighted by Crippen LogP contribution is -2.55. The van der Waals surface area contributed by atoms with Gasteiger partial charge in [0.15, 0.2) is 0 Å². The van der Waals surface area contributed by atoms with Gasteiger partial charge in [0.05, 0.1) is 21.2 Å². The summed E-state index contributed by atoms with van der Waals surface area (Å²) in [5, 5.41) is 2.26. The Labute approximate surface area is 262 Å². The Hall–Kier alpha value is -3.57. The van der Waals surface area contributed by atoms with Gasteiger partial charge in [0.2, 0.25) is 11.8 Å². The third-order valence-corrected chi connectivity index (χ3v) is 8.87. The van der Waals surface area contributed by atoms with E-state index < -0.39 is 62.4 Å². The highest BCUT2D eigenvalue weighted by Crippen LogP contribution is 2.38. The third kappa shape index (κ3) is 8.75. The van der Waals surface area contributed by atoms with Crippen LogP contribution in [0.15, 0.2) is 71.6 Å². The van der Waals surface area contributed by atoms with Crippen molar-refractivity contribution in [2.75, 3.05) is 10.8 Å². The average Bonchev–Trinajstić information content (AvgIpc) is 2.90. The number of aryl methyl sites for hydroxylation is 2. The number of amides is 2. The molecular weight excluding hydrogens is 615 g/mol. The summed E-state index contributed by atoms with van der Waals surface area (Å²) in [6, 6.07) is 14.7. The third-order valence-electron chi connectivity index (χ3n) is 6.75. The maximum Gasteiger partial charge on any atom is 0.417 e. The molecule has 238 valence electrons. The molecule has 0 aliphatic rings. The first-order chi connectivity index (χ1) is 20.3. The topological polar surface area (TPSA) is 86.8 Å². The van der Waals surface area contributed by atoms with E-state index in [4.69, 9.17) is 11.6 Å². The van der Waals surface area contributed by atoms with E-state index in [0.29, 0.717) is 15.9 Å². The molecule has 0 aromatic heterocycles. The summed E-state index contributed by atoms with van der Waals surface area (Å²) in [6.07, 6.45) is -4.69. The first-order valence-electron chi connectivity index (χ1n) is 14.0. The summed E-state index contributed by atoms with van der Waals surface area (Å²) in [4.78, 5) is 28.6. The van der Waals surface area contributed by atoms with Crippen LogP contribution >= 0.6 is 11.6 Å². The molecule has 0 radical (unpaired) electrons. The lowest BCUT2D eigenvalue weighted by molar-refractivity contribution is -0.141. The second kappa shape index (κ2) is 13.6. The highest BCUT2D eigenvalue weighted by molar-refractivity contribution is 7.92. The van der Waals surface area contributed by atoms with Gasteiger partial charge in [0, 0.05) is 12.1 Å². The Bertz CT molecular complexity index is 1600. The number of nitrogens with one attached hydrogen (secondary N) is 1. The maximum absolute atomic E-state index is 14.2. The van der Waals surface area contributed by atoms with Crippen molar-refractivity contribution < 1.29 is 31.2 Å². The predicted octanol–water partition coefficient (Wildman–Crippen LogP) is 6.89. The van der Waals surface area contributed by atoms with Gasteiger partial charge >= 0.3 is 6.18 Å². The summed E-state index contributed by atoms with van der Waals surface area (Å²) in [7, 11) is -4.56. The van der Waals surface area contributed by atoms with E-state index in [1.165, 1.54) is 17.0 Å². The minimum Gasteiger partial charge on any atom is -0.350 e. The van der Waals surface area contributed by atoms with E-state index in [-0.39, 0.29) is 17.9 Å². The molecule has 1 unspecified atom stereocenters. The van der Waals surface area contributed by atoms with Crippen molar-refractivity contribution in [2.24, 2.45) is 0 Å². The number of hydrogen-bond acceptors (Lipinski definition) is 4. The number of nitrogens with zero attached hydrogens (tertiary/aromatic N) is 2. The number of sulfonamides is 1. The van der Waals surface area contributed by atoms with Crippen molar-refractivity contribution in [3.05, 3.63) is 94.0 Å². The molecule has 12 heteroatoms. The summed E-state index contributed by atoms with van der Waals surface area (Å²) < 4.78 is 70.1. The Morgan fingerprint density at radius 2 is 1.57 bits per heavy atom. The van der Waals surface area contributed by atoms with Gasteiger partial charge in [-0.15, -0.1) is 0 Å². The van der Waals surface area contributed by atoms with E-state index in [2.05, 4.69) is 5.32 Å². The molecule has 0 heterocycles. The van der Waals surface area contributed by atoms with Gasteiger partial charge in [-0.2, -0.15) is 13.2 Å². The summed E-state index contributed by atoms with van der Waals surface area (Å²) in [5.41, 5.74) is 0.0861. The van der Waals surface area contributed by atoms with Crippen molar-refractivity contribution in [3.8, 4) is 0 Å². The Morgan fingerprint density at radius 1 is 0.932 bits per heavy atom. The number of alkyl halides is 3. The molecule has 0 aliphatic carbocycles. The van der Waals surface area contributed by atoms with Gasteiger partial charge in [-0.05, 0) is 76.9 Å². The Kier molecular flexibility index (Phi) is 10.8. The van der Waals surface area contributed by atoms with Crippen molar-refractivity contribution >= 4 is 39.1 Å². The van der Waals surface area contributed by atoms with Crippen LogP contribution < -0.4 is 9.62 Å². The molecule has 3 aromatic carbocycles. The van der Waals surface area contributed by atoms with E-state index in [1.54, 1.807) is 58.9 Å². The maximum atomic E-state index is 14.2. The van der Waals surface area contributed by atoms with Crippen LogP contribution in [0.5, 0.6) is 0 Å². The molecule has 0 spiro atoms. The molecule has 3 aromatic rings. The Morgan fingerprint density at radius 3 is 2.11 bits per heavy atom. The number of anilines is 1. The first kappa shape index (κ1) is 34.9. The predicted molar refractivity (Wildman–Crippen MR) is 166 cm³/mol. The molecule has 1 N–H and O–H groups in total. The molecule has 0 saturated heterocycles. The normalized spacial score (nSPS) is 12.9. The standard InChI is InChI=1S/C32H37ClF3N3O4S/c1-7-28(30(41)37-31(4,5)6)38(19-23-10-8-9-22(3)17-23)29(40)20-39(44(42,43)25-14-11-21(2)12-15-25)24-13-16-27(33)26(18-24)32(34,35)36/h8-18,28H,7,19-20H2,1-6H3,(H,37,41). The van der Waals surface area contributed by atoms with Gasteiger partial charge in [-0.1, -0.05) is 66.0 Å². The monoisotopic (exact) mass is 651 g/mol. The fourth-order valence-electron chi connectivity index (χ4n) is 4.63. The number of carbonyl (C=O) groups is 2. The molecule has 0 aliphatic heterocycles. The van der Waals surface area contributed by atoms with E-state index >= 15 is 0 Å². The van der Waals surface area contributed by atoms with Crippen molar-refractivity contribution in [3.63, 3.8) is 0 Å². The minimum absolute atomic E-state index is 0.0383. The van der Waals surface area contributed by atoms with Crippen LogP contribution in [0.4, 0.5) is 18.9 Å². The van der Waals surface area contributed by atoms with Gasteiger partial charge < -0.3 is 10.2 Å². The van der Waals surface area contributed by atoms with Crippen LogP contribution in [-0.4, -0.2) is 43.3 Å². The zero-order valence-electron chi connectivity index (χ0n) is 25.5. The molecule has 3 rings (SSSR count). The van der Waals surface area contributed by atoms with Crippen molar-refractivity contribution in [1.29, 1.82) is 0 Å². The molecule has 2 amide bonds. The van der Waals surface area contributed by atoms with Crippen molar-refractivity contribution in [2.45, 2.75) is 77.2 Å². The van der Waals surface area contributed by atoms with Crippen LogP contribution in [-0.2, 0) is 32.3 Å². The van der Waals surface area contributed by atoms with Crippen LogP contribution in [0.2, 0.25) is 5.02 Å². The highest BCUT2D eigenvalue weighted by atomic mass is 35.5. The largest absolute Gasteiger partial charge is 0.417 e. The SMILES string of the molecule is CCC(C(=O)NC(C)(C)C)N(Cc1cccc(C)c1)C(=O)CN(c1ccc(Cl)c(C(F)(F)F)c1)S(=O)(=O)c1ccc(C)cc1. The van der Waals surface area contributed by atoms with Crippen LogP contribution in [0.25, 0.3) is 0 Å². The molecule has 0 bridgehead atoms. The average molecular weight is 652 g/mol. The van der Waals surface area contributed by atoms with Gasteiger partial charge in [-0.25, -0.2) is 8.42 Å². The van der Waals surface area contributed by atoms with Gasteiger partial charge in [0.1, 0.15) is 12.6 Å². The molecule has 0 fully saturated rings. The second-order valence-electron chi connectivity index (χ2n) is 11.7. The minimum atomic E-state index is -4.88. The molecule has 44 heavy (non-hydrogen) atoms. The number of rotatable bonds is 10. The lowest BCUT2D eigenvalue weighted by atomic mass is 10.0. The van der Waals surface area contributed by atoms with E-state index in [9.17, 15) is 31.2 Å². The summed E-state index contributed by atoms with van der Waals surface area (Å²) in [6.45, 7) is 9.80. The van der Waals surface area contributed by atoms with E-state index in [1.807, 2.05) is 19.1 Å². The van der Waals surface area contributed by atoms with Gasteiger partial charge in [-0.3, -0.25) is 13.9 Å². The molecule has 1 atom stereocenters. The fourth-order valence-corrected chi connectivity index (χ4v) is 6.26. The Balaban J connectivity index is 2.17. The zero-order chi connectivity index (χ0) is 33.0. The van der Waals surface area contributed by atoms with Gasteiger partial charge in [0.25, 0.3) is 10.0 Å². The second-order valence-corrected chi connectivity index (χ2v) is 13.9. The smallest absolute Gasteiger partial charge is 0.350 e. The number of carbonyl (C=O) groups excluding carboxylic acids is 2. The molecular formula is C32H37ClF3N3O4S. The van der Waals surface area contributed by atoms with Crippen molar-refractivity contribution in [1.82, 2.24) is 10.2 Å². The summed E-state index contributed by atoms with van der Waals surface area (Å²) in [5.74, 6) is -1.22. The fraction of sp³-hybridized carbons (Fsp3) is 0.375. The number of halogens is 4. The molecule has 0 saturated carbocycles. The highest BCUT2D eigenvalue weighted by Gasteiger charge is 2.37. The lowest BCUT2D eigenvalue weighted by Gasteiger charge is -2.35. The first-order valence-corrected chi connectivity index (χ1v) is 15.8.